The molecule has 8 N–H and O–H groups in total. The number of likely N-dealkylation sites (N-methyl/N-ethyl adjacent to an activating group) is 1. The minimum atomic E-state index is -3.14. The van der Waals surface area contributed by atoms with Crippen LogP contribution in [-0.4, -0.2) is 138 Å². The molecule has 7 rings (SSSR count). The lowest BCUT2D eigenvalue weighted by Gasteiger charge is -2.55. The molecule has 0 bridgehead atoms. The molecule has 3 aliphatic carbocycles. The van der Waals surface area contributed by atoms with Gasteiger partial charge in [-0.1, -0.05) is 12.1 Å². The number of anilines is 1. The van der Waals surface area contributed by atoms with E-state index in [0.29, 0.717) is 12.1 Å². The molecule has 2 heterocycles. The number of aromatic hydroxyl groups is 1. The van der Waals surface area contributed by atoms with Gasteiger partial charge in [-0.25, -0.2) is 9.18 Å². The highest BCUT2D eigenvalue weighted by molar-refractivity contribution is 6.25. The minimum Gasteiger partial charge on any atom is -0.508 e. The van der Waals surface area contributed by atoms with Gasteiger partial charge in [0.25, 0.3) is 5.91 Å². The maximum atomic E-state index is 15.4. The maximum Gasteiger partial charge on any atom is 0.341 e. The number of aromatic carboxylic acids is 1. The number of nitrogens with one attached hydrogen (secondary N) is 1. The van der Waals surface area contributed by atoms with Gasteiger partial charge in [0.05, 0.1) is 58.6 Å². The van der Waals surface area contributed by atoms with Crippen molar-refractivity contribution in [3.8, 4) is 5.75 Å². The Balaban J connectivity index is 1.14. The number of piperazine rings is 1. The number of amides is 1. The summed E-state index contributed by atoms with van der Waals surface area (Å²) in [5, 5.41) is 81.2. The molecule has 1 saturated carbocycles. The first-order chi connectivity index (χ1) is 26.8. The highest BCUT2D eigenvalue weighted by Crippen LogP contribution is 2.57. The third-order valence-electron chi connectivity index (χ3n) is 11.9. The fraction of sp³-hybridized carbons (Fsp3) is 0.410. The SMILES string of the molecule is CCn1cc(C(=O)O)c(=O)c2cc(F)c(N3CCN(CNC(=O)C4=C(O)[C@@]5(O)C(=O)C6=C(O)c7c(O)cccc7[C@@](C)(O)[C@H]6[C@H](O)[C@H]5[C@H](N(C)C)C4=O)CC3)cc21. The molecule has 1 saturated heterocycles. The first-order valence-electron chi connectivity index (χ1n) is 18.2. The van der Waals surface area contributed by atoms with Crippen LogP contribution in [0.1, 0.15) is 35.3 Å². The Morgan fingerprint density at radius 1 is 1.04 bits per heavy atom. The molecule has 1 aliphatic heterocycles. The van der Waals surface area contributed by atoms with Gasteiger partial charge in [-0.15, -0.1) is 0 Å². The average Bonchev–Trinajstić information content (AvgIpc) is 3.15. The number of ketones is 2. The van der Waals surface area contributed by atoms with Crippen LogP contribution in [0.25, 0.3) is 16.7 Å². The number of hydrogen-bond acceptors (Lipinski definition) is 14. The van der Waals surface area contributed by atoms with Crippen LogP contribution < -0.4 is 15.6 Å². The highest BCUT2D eigenvalue weighted by Gasteiger charge is 2.70. The maximum absolute atomic E-state index is 15.4. The normalized spacial score (nSPS) is 27.8. The van der Waals surface area contributed by atoms with Gasteiger partial charge < -0.3 is 50.5 Å². The van der Waals surface area contributed by atoms with Crippen molar-refractivity contribution in [2.45, 2.75) is 43.7 Å². The Morgan fingerprint density at radius 2 is 1.70 bits per heavy atom. The smallest absolute Gasteiger partial charge is 0.341 e. The summed E-state index contributed by atoms with van der Waals surface area (Å²) in [7, 11) is 2.81. The van der Waals surface area contributed by atoms with E-state index in [-0.39, 0.29) is 55.0 Å². The van der Waals surface area contributed by atoms with E-state index < -0.39 is 104 Å². The fourth-order valence-electron chi connectivity index (χ4n) is 9.05. The number of carbonyl (C=O) groups is 4. The van der Waals surface area contributed by atoms with Gasteiger partial charge in [-0.05, 0) is 51.7 Å². The van der Waals surface area contributed by atoms with E-state index in [4.69, 9.17) is 0 Å². The third kappa shape index (κ3) is 5.73. The van der Waals surface area contributed by atoms with Gasteiger partial charge in [-0.3, -0.25) is 29.0 Å². The molecule has 1 amide bonds. The zero-order valence-electron chi connectivity index (χ0n) is 31.4. The lowest BCUT2D eigenvalue weighted by Crippen LogP contribution is -2.72. The van der Waals surface area contributed by atoms with Crippen LogP contribution in [-0.2, 0) is 26.5 Å². The molecule has 0 spiro atoms. The van der Waals surface area contributed by atoms with Crippen LogP contribution >= 0.6 is 0 Å². The number of benzene rings is 2. The van der Waals surface area contributed by atoms with Gasteiger partial charge in [0.15, 0.2) is 11.4 Å². The molecule has 0 unspecified atom stereocenters. The summed E-state index contributed by atoms with van der Waals surface area (Å²) in [6, 6.07) is 4.88. The third-order valence-corrected chi connectivity index (χ3v) is 11.9. The van der Waals surface area contributed by atoms with Crippen LogP contribution in [0.3, 0.4) is 0 Å². The van der Waals surface area contributed by atoms with Crippen molar-refractivity contribution in [3.63, 3.8) is 0 Å². The number of carbonyl (C=O) groups excluding carboxylic acids is 3. The van der Waals surface area contributed by atoms with Crippen molar-refractivity contribution >= 4 is 45.8 Å². The number of aromatic nitrogens is 1. The number of phenolic OH excluding ortho intramolecular Hbond substituents is 1. The van der Waals surface area contributed by atoms with Gasteiger partial charge in [0, 0.05) is 44.3 Å². The first-order valence-corrected chi connectivity index (χ1v) is 18.2. The van der Waals surface area contributed by atoms with Gasteiger partial charge in [0.1, 0.15) is 34.2 Å². The summed E-state index contributed by atoms with van der Waals surface area (Å²) in [5.74, 6) is -11.9. The molecule has 1 aromatic heterocycles. The van der Waals surface area contributed by atoms with Gasteiger partial charge >= 0.3 is 5.97 Å². The Hall–Kier alpha value is -5.66. The van der Waals surface area contributed by atoms with E-state index >= 15 is 4.39 Å². The van der Waals surface area contributed by atoms with E-state index in [0.717, 1.165) is 6.07 Å². The molecular formula is C39H42FN5O12. The molecule has 302 valence electrons. The summed E-state index contributed by atoms with van der Waals surface area (Å²) >= 11 is 0. The van der Waals surface area contributed by atoms with Crippen LogP contribution in [0.15, 0.2) is 58.2 Å². The molecular weight excluding hydrogens is 749 g/mol. The number of halogens is 1. The second-order valence-corrected chi connectivity index (χ2v) is 15.2. The van der Waals surface area contributed by atoms with Crippen LogP contribution in [0.4, 0.5) is 10.1 Å². The van der Waals surface area contributed by atoms with E-state index in [1.54, 1.807) is 21.3 Å². The standard InChI is InChI=1S/C39H42FN5O12/c1-5-44-15-18(37(54)55)30(47)17-13-20(40)22(14-21(17)44)45-11-9-43(10-12-45)16-41-36(53)26-32(49)29(42(3)4)28-33(50)27-25(34(51)39(28,57)35(26)52)31(48)24-19(38(27,2)56)7-6-8-23(24)46/h6-8,13-15,27-29,33,46,48,50,52,56-57H,5,9-12,16H2,1-4H3,(H,41,53)(H,54,55)/t27-,28-,29+,33+,38-,39+/m1/s1. The van der Waals surface area contributed by atoms with E-state index in [1.807, 2.05) is 0 Å². The zero-order valence-corrected chi connectivity index (χ0v) is 31.4. The number of aliphatic hydroxyl groups excluding tert-OH is 3. The van der Waals surface area contributed by atoms with E-state index in [2.05, 4.69) is 5.32 Å². The topological polar surface area (TPSA) is 254 Å². The molecule has 2 aromatic carbocycles. The zero-order chi connectivity index (χ0) is 41.6. The summed E-state index contributed by atoms with van der Waals surface area (Å²) in [5.41, 5.74) is -8.03. The number of fused-ring (bicyclic) bond motifs is 4. The Labute approximate surface area is 323 Å². The summed E-state index contributed by atoms with van der Waals surface area (Å²) in [6.07, 6.45) is -0.742. The summed E-state index contributed by atoms with van der Waals surface area (Å²) in [4.78, 5) is 71.3. The van der Waals surface area contributed by atoms with Crippen molar-refractivity contribution in [2.24, 2.45) is 11.8 Å². The Bertz CT molecular complexity index is 2400. The number of nitrogens with zero attached hydrogens (tertiary/aromatic N) is 4. The number of phenols is 1. The fourth-order valence-corrected chi connectivity index (χ4v) is 9.05. The first kappa shape index (κ1) is 39.6. The molecule has 57 heavy (non-hydrogen) atoms. The Kier molecular flexibility index (Phi) is 9.56. The van der Waals surface area contributed by atoms with E-state index in [9.17, 15) is 59.7 Å². The number of pyridine rings is 1. The van der Waals surface area contributed by atoms with Crippen LogP contribution in [0.2, 0.25) is 0 Å². The molecule has 18 heteroatoms. The van der Waals surface area contributed by atoms with Crippen molar-refractivity contribution in [1.82, 2.24) is 19.7 Å². The molecule has 6 atom stereocenters. The Morgan fingerprint density at radius 3 is 2.32 bits per heavy atom. The number of Topliss-reactive ketones (excluding diaryl/α,β-unsaturated/α-hetero) is 2. The van der Waals surface area contributed by atoms with Crippen molar-refractivity contribution in [3.05, 3.63) is 86.2 Å². The monoisotopic (exact) mass is 791 g/mol. The molecule has 2 fully saturated rings. The van der Waals surface area contributed by atoms with Crippen molar-refractivity contribution in [2.75, 3.05) is 51.8 Å². The lowest BCUT2D eigenvalue weighted by molar-refractivity contribution is -0.181. The number of carboxylic acids is 1. The predicted octanol–water partition coefficient (Wildman–Crippen LogP) is 0.183. The number of rotatable bonds is 7. The number of aliphatic hydroxyl groups is 5. The molecule has 0 radical (unpaired) electrons. The van der Waals surface area contributed by atoms with E-state index in [1.165, 1.54) is 56.4 Å². The summed E-state index contributed by atoms with van der Waals surface area (Å²) in [6.45, 7) is 4.13. The second kappa shape index (κ2) is 13.8. The van der Waals surface area contributed by atoms with Crippen LogP contribution in [0.5, 0.6) is 5.75 Å². The molecule has 17 nitrogen and oxygen atoms in total. The van der Waals surface area contributed by atoms with Gasteiger partial charge in [0.2, 0.25) is 11.2 Å². The van der Waals surface area contributed by atoms with Crippen molar-refractivity contribution in [1.29, 1.82) is 0 Å². The quantitative estimate of drug-likeness (QED) is 0.149. The number of aryl methyl sites for hydroxylation is 1. The molecule has 3 aromatic rings. The summed E-state index contributed by atoms with van der Waals surface area (Å²) < 4.78 is 17.0. The number of hydrogen-bond donors (Lipinski definition) is 8. The second-order valence-electron chi connectivity index (χ2n) is 15.2. The van der Waals surface area contributed by atoms with Crippen LogP contribution in [0, 0.1) is 17.7 Å². The predicted molar refractivity (Wildman–Crippen MR) is 200 cm³/mol. The van der Waals surface area contributed by atoms with Gasteiger partial charge in [-0.2, -0.15) is 0 Å². The minimum absolute atomic E-state index is 0.0313. The molecule has 4 aliphatic rings. The number of carboxylic acid groups (broad SMARTS) is 1. The average molecular weight is 792 g/mol. The lowest BCUT2D eigenvalue weighted by atomic mass is 9.53. The largest absolute Gasteiger partial charge is 0.508 e. The highest BCUT2D eigenvalue weighted by atomic mass is 19.1. The van der Waals surface area contributed by atoms with Crippen molar-refractivity contribution < 1.29 is 59.3 Å².